The molecule has 12 heteroatoms. The topological polar surface area (TPSA) is 104 Å². The minimum Gasteiger partial charge on any atom is -0.368 e. The Kier molecular flexibility index (Phi) is 7.13. The summed E-state index contributed by atoms with van der Waals surface area (Å²) in [5, 5.41) is 0. The highest BCUT2D eigenvalue weighted by atomic mass is 32.2. The summed E-state index contributed by atoms with van der Waals surface area (Å²) in [6, 6.07) is 4.35. The predicted octanol–water partition coefficient (Wildman–Crippen LogP) is 0.0992. The molecule has 0 aliphatic carbocycles. The van der Waals surface area contributed by atoms with Crippen LogP contribution in [0.4, 0.5) is 4.39 Å². The molecule has 0 unspecified atom stereocenters. The van der Waals surface area contributed by atoms with Gasteiger partial charge in [0.15, 0.2) is 0 Å². The van der Waals surface area contributed by atoms with E-state index < -0.39 is 32.0 Å². The lowest BCUT2D eigenvalue weighted by atomic mass is 10.2. The second-order valence-corrected chi connectivity index (χ2v) is 11.5. The highest BCUT2D eigenvalue weighted by Crippen LogP contribution is 2.18. The van der Waals surface area contributed by atoms with Crippen molar-refractivity contribution in [3.63, 3.8) is 0 Å². The van der Waals surface area contributed by atoms with Crippen molar-refractivity contribution in [2.45, 2.75) is 23.8 Å². The molecule has 2 heterocycles. The lowest BCUT2D eigenvalue weighted by molar-refractivity contribution is -0.142. The highest BCUT2D eigenvalue weighted by Gasteiger charge is 2.34. The maximum absolute atomic E-state index is 13.0. The number of carbonyl (C=O) groups is 1. The molecule has 0 aromatic heterocycles. The molecule has 30 heavy (non-hydrogen) atoms. The van der Waals surface area contributed by atoms with E-state index in [1.165, 1.54) is 11.4 Å². The third kappa shape index (κ3) is 5.17. The van der Waals surface area contributed by atoms with Crippen molar-refractivity contribution in [3.05, 3.63) is 30.1 Å². The van der Waals surface area contributed by atoms with Gasteiger partial charge in [-0.1, -0.05) is 0 Å². The van der Waals surface area contributed by atoms with Crippen molar-refractivity contribution in [1.29, 1.82) is 0 Å². The third-order valence-corrected chi connectivity index (χ3v) is 9.06. The first-order valence-corrected chi connectivity index (χ1v) is 12.8. The van der Waals surface area contributed by atoms with Gasteiger partial charge in [0.25, 0.3) is 5.91 Å². The van der Waals surface area contributed by atoms with E-state index in [9.17, 15) is 26.0 Å². The first-order valence-electron chi connectivity index (χ1n) is 9.71. The van der Waals surface area contributed by atoms with Crippen LogP contribution in [0.1, 0.15) is 12.8 Å². The van der Waals surface area contributed by atoms with Crippen LogP contribution >= 0.6 is 0 Å². The Balaban J connectivity index is 1.54. The number of piperazine rings is 1. The van der Waals surface area contributed by atoms with Crippen molar-refractivity contribution in [2.24, 2.45) is 0 Å². The third-order valence-electron chi connectivity index (χ3n) is 5.33. The van der Waals surface area contributed by atoms with Crippen molar-refractivity contribution in [2.75, 3.05) is 52.1 Å². The molecule has 2 aliphatic heterocycles. The van der Waals surface area contributed by atoms with Crippen LogP contribution in [-0.4, -0.2) is 94.5 Å². The van der Waals surface area contributed by atoms with Gasteiger partial charge in [-0.2, -0.15) is 8.61 Å². The van der Waals surface area contributed by atoms with Crippen LogP contribution in [0.2, 0.25) is 0 Å². The van der Waals surface area contributed by atoms with Crippen molar-refractivity contribution >= 4 is 26.0 Å². The van der Waals surface area contributed by atoms with Crippen LogP contribution in [-0.2, 0) is 29.6 Å². The van der Waals surface area contributed by atoms with Gasteiger partial charge in [0.1, 0.15) is 11.9 Å². The Morgan fingerprint density at radius 2 is 1.77 bits per heavy atom. The summed E-state index contributed by atoms with van der Waals surface area (Å²) in [5.41, 5.74) is 0. The lowest BCUT2D eigenvalue weighted by Gasteiger charge is -2.35. The molecule has 0 spiro atoms. The molecule has 1 amide bonds. The number of hydrogen-bond donors (Lipinski definition) is 0. The SMILES string of the molecule is CN(CCS(=O)(=O)N1CCN(C(=O)[C@H]2CCCO2)CC1)S(=O)(=O)c1ccc(F)cc1. The molecule has 0 saturated carbocycles. The Bertz CT molecular complexity index is 954. The molecule has 1 aromatic carbocycles. The predicted molar refractivity (Wildman–Crippen MR) is 107 cm³/mol. The van der Waals surface area contributed by atoms with Crippen LogP contribution in [0, 0.1) is 5.82 Å². The summed E-state index contributed by atoms with van der Waals surface area (Å²) in [7, 11) is -6.34. The molecular formula is C18H26FN3O6S2. The van der Waals surface area contributed by atoms with Gasteiger partial charge in [0, 0.05) is 46.4 Å². The molecule has 168 valence electrons. The van der Waals surface area contributed by atoms with E-state index in [1.807, 2.05) is 0 Å². The van der Waals surface area contributed by atoms with Crippen LogP contribution < -0.4 is 0 Å². The summed E-state index contributed by atoms with van der Waals surface area (Å²) in [4.78, 5) is 13.9. The highest BCUT2D eigenvalue weighted by molar-refractivity contribution is 7.90. The van der Waals surface area contributed by atoms with E-state index in [-0.39, 0.29) is 49.3 Å². The zero-order chi connectivity index (χ0) is 21.9. The summed E-state index contributed by atoms with van der Waals surface area (Å²) in [6.45, 7) is 1.21. The molecule has 3 rings (SSSR count). The summed E-state index contributed by atoms with van der Waals surface area (Å²) < 4.78 is 71.0. The van der Waals surface area contributed by atoms with Crippen LogP contribution in [0.15, 0.2) is 29.2 Å². The fourth-order valence-electron chi connectivity index (χ4n) is 3.44. The van der Waals surface area contributed by atoms with Gasteiger partial charge < -0.3 is 9.64 Å². The monoisotopic (exact) mass is 463 g/mol. The number of nitrogens with zero attached hydrogens (tertiary/aromatic N) is 3. The van der Waals surface area contributed by atoms with Gasteiger partial charge >= 0.3 is 0 Å². The fourth-order valence-corrected chi connectivity index (χ4v) is 6.21. The summed E-state index contributed by atoms with van der Waals surface area (Å²) in [5.74, 6) is -1.05. The normalized spacial score (nSPS) is 21.3. The van der Waals surface area contributed by atoms with Gasteiger partial charge in [0.05, 0.1) is 10.6 Å². The van der Waals surface area contributed by atoms with E-state index in [2.05, 4.69) is 0 Å². The van der Waals surface area contributed by atoms with Gasteiger partial charge in [-0.05, 0) is 37.1 Å². The van der Waals surface area contributed by atoms with E-state index in [0.29, 0.717) is 13.0 Å². The number of benzene rings is 1. The van der Waals surface area contributed by atoms with Gasteiger partial charge in [-0.25, -0.2) is 21.2 Å². The van der Waals surface area contributed by atoms with E-state index in [1.54, 1.807) is 4.90 Å². The van der Waals surface area contributed by atoms with Gasteiger partial charge in [-0.3, -0.25) is 4.79 Å². The molecule has 1 aromatic rings. The summed E-state index contributed by atoms with van der Waals surface area (Å²) in [6.07, 6.45) is 1.10. The molecule has 0 radical (unpaired) electrons. The minimum atomic E-state index is -3.92. The number of ether oxygens (including phenoxy) is 1. The average molecular weight is 464 g/mol. The van der Waals surface area contributed by atoms with Crippen molar-refractivity contribution < 1.29 is 30.8 Å². The first-order chi connectivity index (χ1) is 14.1. The van der Waals surface area contributed by atoms with E-state index in [4.69, 9.17) is 4.74 Å². The van der Waals surface area contributed by atoms with Gasteiger partial charge in [-0.15, -0.1) is 0 Å². The maximum Gasteiger partial charge on any atom is 0.251 e. The van der Waals surface area contributed by atoms with Crippen LogP contribution in [0.3, 0.4) is 0 Å². The lowest BCUT2D eigenvalue weighted by Crippen LogP contribution is -2.53. The summed E-state index contributed by atoms with van der Waals surface area (Å²) >= 11 is 0. The average Bonchev–Trinajstić information content (AvgIpc) is 3.27. The number of halogens is 1. The second kappa shape index (κ2) is 9.27. The maximum atomic E-state index is 13.0. The van der Waals surface area contributed by atoms with Crippen LogP contribution in [0.25, 0.3) is 0 Å². The molecule has 2 saturated heterocycles. The number of hydrogen-bond acceptors (Lipinski definition) is 6. The van der Waals surface area contributed by atoms with Gasteiger partial charge in [0.2, 0.25) is 20.0 Å². The Labute approximate surface area is 176 Å². The molecule has 1 atom stereocenters. The molecule has 2 fully saturated rings. The number of amides is 1. The largest absolute Gasteiger partial charge is 0.368 e. The van der Waals surface area contributed by atoms with Crippen LogP contribution in [0.5, 0.6) is 0 Å². The quantitative estimate of drug-likeness (QED) is 0.568. The Hall–Kier alpha value is -1.60. The Morgan fingerprint density at radius 3 is 2.33 bits per heavy atom. The Morgan fingerprint density at radius 1 is 1.13 bits per heavy atom. The molecule has 9 nitrogen and oxygen atoms in total. The standard InChI is InChI=1S/C18H26FN3O6S2/c1-20(30(26,27)16-6-4-15(19)5-7-16)12-14-29(24,25)22-10-8-21(9-11-22)18(23)17-3-2-13-28-17/h4-7,17H,2-3,8-14H2,1H3/t17-/m1/s1. The van der Waals surface area contributed by atoms with E-state index >= 15 is 0 Å². The zero-order valence-corrected chi connectivity index (χ0v) is 18.4. The number of carbonyl (C=O) groups excluding carboxylic acids is 1. The first kappa shape index (κ1) is 23.1. The number of rotatable bonds is 7. The number of sulfonamides is 2. The zero-order valence-electron chi connectivity index (χ0n) is 16.7. The minimum absolute atomic E-state index is 0.102. The fraction of sp³-hybridized carbons (Fsp3) is 0.611. The van der Waals surface area contributed by atoms with E-state index in [0.717, 1.165) is 35.0 Å². The van der Waals surface area contributed by atoms with Crippen molar-refractivity contribution in [3.8, 4) is 0 Å². The molecular weight excluding hydrogens is 437 g/mol. The van der Waals surface area contributed by atoms with Crippen molar-refractivity contribution in [1.82, 2.24) is 13.5 Å². The molecule has 0 N–H and O–H groups in total. The molecule has 0 bridgehead atoms. The molecule has 2 aliphatic rings. The second-order valence-electron chi connectivity index (χ2n) is 7.32. The smallest absolute Gasteiger partial charge is 0.251 e.